The van der Waals surface area contributed by atoms with Crippen LogP contribution in [0.15, 0.2) is 24.5 Å². The van der Waals surface area contributed by atoms with E-state index in [1.165, 1.54) is 0 Å². The first kappa shape index (κ1) is 7.35. The number of hydrogen-bond acceptors (Lipinski definition) is 2. The van der Waals surface area contributed by atoms with Crippen LogP contribution in [0.3, 0.4) is 0 Å². The zero-order valence-corrected chi connectivity index (χ0v) is 5.92. The normalized spacial score (nSPS) is 19.5. The maximum absolute atomic E-state index is 9.28. The van der Waals surface area contributed by atoms with Gasteiger partial charge in [-0.1, -0.05) is 6.08 Å². The van der Waals surface area contributed by atoms with Crippen LogP contribution in [0.1, 0.15) is 12.8 Å². The van der Waals surface area contributed by atoms with Crippen LogP contribution in [-0.2, 0) is 4.74 Å². The fraction of sp³-hybridized carbons (Fsp3) is 0.500. The third-order valence-electron chi connectivity index (χ3n) is 1.45. The predicted molar refractivity (Wildman–Crippen MR) is 39.5 cm³/mol. The quantitative estimate of drug-likeness (QED) is 0.597. The van der Waals surface area contributed by atoms with Gasteiger partial charge in [0.15, 0.2) is 0 Å². The van der Waals surface area contributed by atoms with Crippen LogP contribution in [-0.4, -0.2) is 17.8 Å². The summed E-state index contributed by atoms with van der Waals surface area (Å²) in [5.74, 6) is 0.708. The zero-order chi connectivity index (χ0) is 7.40. The number of aliphatic hydroxyl groups is 1. The second kappa shape index (κ2) is 3.42. The van der Waals surface area contributed by atoms with Gasteiger partial charge in [0.25, 0.3) is 0 Å². The Balaban J connectivity index is 2.39. The molecule has 0 aromatic carbocycles. The van der Waals surface area contributed by atoms with Crippen molar-refractivity contribution in [2.24, 2.45) is 0 Å². The molecule has 2 heteroatoms. The van der Waals surface area contributed by atoms with E-state index >= 15 is 0 Å². The van der Waals surface area contributed by atoms with Crippen molar-refractivity contribution in [2.45, 2.75) is 18.9 Å². The lowest BCUT2D eigenvalue weighted by Gasteiger charge is -2.08. The van der Waals surface area contributed by atoms with Gasteiger partial charge in [0.2, 0.25) is 0 Å². The molecule has 56 valence electrons. The molecule has 0 fully saturated rings. The smallest absolute Gasteiger partial charge is 0.121 e. The van der Waals surface area contributed by atoms with Crippen LogP contribution in [0, 0.1) is 0 Å². The fourth-order valence-electron chi connectivity index (χ4n) is 0.943. The van der Waals surface area contributed by atoms with Crippen molar-refractivity contribution >= 4 is 0 Å². The number of rotatable bonds is 3. The number of hydrogen-bond donors (Lipinski definition) is 1. The van der Waals surface area contributed by atoms with Gasteiger partial charge in [-0.2, -0.15) is 0 Å². The molecule has 0 spiro atoms. The van der Waals surface area contributed by atoms with Crippen molar-refractivity contribution in [1.82, 2.24) is 0 Å². The largest absolute Gasteiger partial charge is 0.495 e. The Bertz CT molecular complexity index is 149. The molecule has 0 saturated heterocycles. The summed E-state index contributed by atoms with van der Waals surface area (Å²) in [5.41, 5.74) is 0. The summed E-state index contributed by atoms with van der Waals surface area (Å²) in [6.45, 7) is 4.24. The topological polar surface area (TPSA) is 29.5 Å². The van der Waals surface area contributed by atoms with E-state index in [4.69, 9.17) is 4.74 Å². The summed E-state index contributed by atoms with van der Waals surface area (Å²) in [7, 11) is 0. The highest BCUT2D eigenvalue weighted by Gasteiger charge is 2.13. The van der Waals surface area contributed by atoms with Crippen molar-refractivity contribution in [3.8, 4) is 0 Å². The second-order valence-electron chi connectivity index (χ2n) is 2.28. The van der Waals surface area contributed by atoms with Crippen LogP contribution < -0.4 is 0 Å². The zero-order valence-electron chi connectivity index (χ0n) is 5.92. The van der Waals surface area contributed by atoms with Gasteiger partial charge in [0.05, 0.1) is 6.61 Å². The highest BCUT2D eigenvalue weighted by atomic mass is 16.5. The van der Waals surface area contributed by atoms with Gasteiger partial charge in [-0.15, -0.1) is 6.58 Å². The molecule has 0 aromatic heterocycles. The van der Waals surface area contributed by atoms with Gasteiger partial charge in [0, 0.05) is 6.42 Å². The van der Waals surface area contributed by atoms with E-state index in [-0.39, 0.29) is 0 Å². The minimum Gasteiger partial charge on any atom is -0.495 e. The standard InChI is InChI=1S/C8H12O2/c1-2-4-7(9)8-5-3-6-10-8/h2,5,7,9H,1,3-4,6H2. The predicted octanol–water partition coefficient (Wildman–Crippen LogP) is 1.23. The fourth-order valence-corrected chi connectivity index (χ4v) is 0.943. The van der Waals surface area contributed by atoms with Crippen molar-refractivity contribution < 1.29 is 9.84 Å². The van der Waals surface area contributed by atoms with Gasteiger partial charge >= 0.3 is 0 Å². The maximum Gasteiger partial charge on any atom is 0.121 e. The molecule has 1 heterocycles. The van der Waals surface area contributed by atoms with Gasteiger partial charge in [-0.05, 0) is 12.5 Å². The maximum atomic E-state index is 9.28. The average Bonchev–Trinajstić information content (AvgIpc) is 2.38. The second-order valence-corrected chi connectivity index (χ2v) is 2.28. The monoisotopic (exact) mass is 140 g/mol. The summed E-state index contributed by atoms with van der Waals surface area (Å²) in [6.07, 6.45) is 4.64. The molecular formula is C8H12O2. The first-order valence-corrected chi connectivity index (χ1v) is 3.46. The third kappa shape index (κ3) is 1.61. The van der Waals surface area contributed by atoms with Gasteiger partial charge < -0.3 is 9.84 Å². The Kier molecular flexibility index (Phi) is 2.51. The van der Waals surface area contributed by atoms with Gasteiger partial charge in [0.1, 0.15) is 11.9 Å². The Morgan fingerprint density at radius 2 is 2.70 bits per heavy atom. The van der Waals surface area contributed by atoms with E-state index in [0.29, 0.717) is 18.8 Å². The highest BCUT2D eigenvalue weighted by molar-refractivity contribution is 5.05. The molecule has 1 aliphatic heterocycles. The van der Waals surface area contributed by atoms with Gasteiger partial charge in [-0.3, -0.25) is 0 Å². The van der Waals surface area contributed by atoms with Crippen LogP contribution in [0.4, 0.5) is 0 Å². The van der Waals surface area contributed by atoms with Crippen molar-refractivity contribution in [3.63, 3.8) is 0 Å². The third-order valence-corrected chi connectivity index (χ3v) is 1.45. The van der Waals surface area contributed by atoms with Crippen molar-refractivity contribution in [2.75, 3.05) is 6.61 Å². The highest BCUT2D eigenvalue weighted by Crippen LogP contribution is 2.15. The minimum atomic E-state index is -0.472. The molecule has 0 aromatic rings. The summed E-state index contributed by atoms with van der Waals surface area (Å²) in [6, 6.07) is 0. The van der Waals surface area contributed by atoms with Crippen LogP contribution in [0.25, 0.3) is 0 Å². The molecule has 1 N–H and O–H groups in total. The molecule has 2 nitrogen and oxygen atoms in total. The summed E-state index contributed by atoms with van der Waals surface area (Å²) in [4.78, 5) is 0. The van der Waals surface area contributed by atoms with Crippen LogP contribution in [0.5, 0.6) is 0 Å². The van der Waals surface area contributed by atoms with E-state index in [0.717, 1.165) is 6.42 Å². The molecular weight excluding hydrogens is 128 g/mol. The van der Waals surface area contributed by atoms with E-state index in [1.54, 1.807) is 6.08 Å². The molecule has 1 unspecified atom stereocenters. The molecule has 0 radical (unpaired) electrons. The minimum absolute atomic E-state index is 0.472. The SMILES string of the molecule is C=CCC(O)C1=CCCO1. The number of ether oxygens (including phenoxy) is 1. The van der Waals surface area contributed by atoms with Gasteiger partial charge in [-0.25, -0.2) is 0 Å². The molecule has 0 bridgehead atoms. The summed E-state index contributed by atoms with van der Waals surface area (Å²) < 4.78 is 5.13. The van der Waals surface area contributed by atoms with Crippen molar-refractivity contribution in [1.29, 1.82) is 0 Å². The number of aliphatic hydroxyl groups excluding tert-OH is 1. The van der Waals surface area contributed by atoms with E-state index in [1.807, 2.05) is 6.08 Å². The first-order chi connectivity index (χ1) is 4.84. The molecule has 10 heavy (non-hydrogen) atoms. The average molecular weight is 140 g/mol. The molecule has 1 rings (SSSR count). The Hall–Kier alpha value is -0.760. The van der Waals surface area contributed by atoms with Crippen molar-refractivity contribution in [3.05, 3.63) is 24.5 Å². The molecule has 1 aliphatic rings. The Labute approximate surface area is 60.8 Å². The Morgan fingerprint density at radius 3 is 3.20 bits per heavy atom. The lowest BCUT2D eigenvalue weighted by Crippen LogP contribution is -2.08. The summed E-state index contributed by atoms with van der Waals surface area (Å²) >= 11 is 0. The lowest BCUT2D eigenvalue weighted by atomic mass is 10.2. The lowest BCUT2D eigenvalue weighted by molar-refractivity contribution is 0.120. The Morgan fingerprint density at radius 1 is 1.90 bits per heavy atom. The molecule has 0 amide bonds. The van der Waals surface area contributed by atoms with Crippen LogP contribution in [0.2, 0.25) is 0 Å². The first-order valence-electron chi connectivity index (χ1n) is 3.46. The molecule has 1 atom stereocenters. The van der Waals surface area contributed by atoms with E-state index < -0.39 is 6.10 Å². The molecule has 0 aliphatic carbocycles. The van der Waals surface area contributed by atoms with E-state index in [2.05, 4.69) is 6.58 Å². The van der Waals surface area contributed by atoms with E-state index in [9.17, 15) is 5.11 Å². The summed E-state index contributed by atoms with van der Waals surface area (Å²) in [5, 5.41) is 9.28. The van der Waals surface area contributed by atoms with Crippen LogP contribution >= 0.6 is 0 Å². The molecule has 0 saturated carbocycles.